The molecule has 9 heteroatoms. The van der Waals surface area contributed by atoms with E-state index in [-0.39, 0.29) is 21.4 Å². The topological polar surface area (TPSA) is 115 Å². The second kappa shape index (κ2) is 5.76. The first-order chi connectivity index (χ1) is 9.77. The van der Waals surface area contributed by atoms with Crippen molar-refractivity contribution >= 4 is 33.2 Å². The minimum atomic E-state index is -3.94. The Morgan fingerprint density at radius 3 is 2.71 bits per heavy atom. The fourth-order valence-corrected chi connectivity index (χ4v) is 2.24. The van der Waals surface area contributed by atoms with Gasteiger partial charge in [0, 0.05) is 24.1 Å². The first kappa shape index (κ1) is 15.4. The van der Waals surface area contributed by atoms with E-state index in [0.717, 1.165) is 11.6 Å². The summed E-state index contributed by atoms with van der Waals surface area (Å²) in [6.45, 7) is 1.77. The van der Waals surface area contributed by atoms with E-state index in [0.29, 0.717) is 0 Å². The summed E-state index contributed by atoms with van der Waals surface area (Å²) in [5.41, 5.74) is 1.19. The third-order valence-electron chi connectivity index (χ3n) is 2.50. The molecule has 0 aliphatic heterocycles. The molecule has 3 N–H and O–H groups in total. The van der Waals surface area contributed by atoms with Crippen LogP contribution >= 0.6 is 11.6 Å². The molecule has 0 spiro atoms. The van der Waals surface area contributed by atoms with Gasteiger partial charge in [-0.3, -0.25) is 4.79 Å². The zero-order valence-corrected chi connectivity index (χ0v) is 12.4. The minimum absolute atomic E-state index is 0.0545. The maximum Gasteiger partial charge on any atom is 0.258 e. The molecule has 0 bridgehead atoms. The predicted molar refractivity (Wildman–Crippen MR) is 77.5 cm³/mol. The summed E-state index contributed by atoms with van der Waals surface area (Å²) >= 11 is 5.86. The third kappa shape index (κ3) is 3.75. The molecule has 21 heavy (non-hydrogen) atoms. The van der Waals surface area contributed by atoms with Crippen molar-refractivity contribution in [2.45, 2.75) is 11.9 Å². The minimum Gasteiger partial charge on any atom is -0.322 e. The molecule has 0 aromatic carbocycles. The molecule has 0 aliphatic carbocycles. The van der Waals surface area contributed by atoms with Gasteiger partial charge in [0.15, 0.2) is 5.03 Å². The predicted octanol–water partition coefficient (Wildman–Crippen LogP) is 1.34. The Hall–Kier alpha value is -2.03. The van der Waals surface area contributed by atoms with Gasteiger partial charge in [0.05, 0.1) is 5.56 Å². The molecule has 0 saturated carbocycles. The van der Waals surface area contributed by atoms with E-state index in [9.17, 15) is 13.2 Å². The number of hydrogen-bond acceptors (Lipinski definition) is 5. The molecule has 0 saturated heterocycles. The van der Waals surface area contributed by atoms with E-state index < -0.39 is 15.9 Å². The number of primary sulfonamides is 1. The lowest BCUT2D eigenvalue weighted by Gasteiger charge is -2.07. The molecule has 2 aromatic rings. The molecule has 2 heterocycles. The highest BCUT2D eigenvalue weighted by molar-refractivity contribution is 7.89. The van der Waals surface area contributed by atoms with Crippen LogP contribution in [0.5, 0.6) is 0 Å². The van der Waals surface area contributed by atoms with Crippen LogP contribution in [0.3, 0.4) is 0 Å². The zero-order chi connectivity index (χ0) is 15.6. The number of pyridine rings is 2. The highest BCUT2D eigenvalue weighted by atomic mass is 35.5. The van der Waals surface area contributed by atoms with Crippen LogP contribution in [0.1, 0.15) is 15.9 Å². The lowest BCUT2D eigenvalue weighted by Crippen LogP contribution is -2.16. The normalized spacial score (nSPS) is 11.2. The molecule has 0 radical (unpaired) electrons. The molecule has 110 valence electrons. The highest BCUT2D eigenvalue weighted by Crippen LogP contribution is 2.17. The van der Waals surface area contributed by atoms with Crippen LogP contribution in [-0.4, -0.2) is 24.3 Å². The molecule has 2 aromatic heterocycles. The van der Waals surface area contributed by atoms with Crippen molar-refractivity contribution in [3.05, 3.63) is 46.9 Å². The average molecular weight is 327 g/mol. The van der Waals surface area contributed by atoms with E-state index in [4.69, 9.17) is 16.7 Å². The van der Waals surface area contributed by atoms with E-state index in [2.05, 4.69) is 15.3 Å². The van der Waals surface area contributed by atoms with E-state index in [1.807, 2.05) is 0 Å². The number of aryl methyl sites for hydroxylation is 1. The molecule has 0 aliphatic rings. The number of nitrogens with zero attached hydrogens (tertiary/aromatic N) is 2. The largest absolute Gasteiger partial charge is 0.322 e. The standard InChI is InChI=1S/C12H11ClN4O3S/c1-7-4-9(11(13)16-6-7)12(18)17-8-2-3-15-10(5-8)21(14,19)20/h2-6H,1H3,(H2,14,19,20)(H,15,17,18). The highest BCUT2D eigenvalue weighted by Gasteiger charge is 2.14. The lowest BCUT2D eigenvalue weighted by atomic mass is 10.2. The van der Waals surface area contributed by atoms with Crippen molar-refractivity contribution in [2.75, 3.05) is 5.32 Å². The summed E-state index contributed by atoms with van der Waals surface area (Å²) in [5, 5.41) is 7.21. The summed E-state index contributed by atoms with van der Waals surface area (Å²) in [6.07, 6.45) is 2.76. The first-order valence-electron chi connectivity index (χ1n) is 5.70. The fraction of sp³-hybridized carbons (Fsp3) is 0.0833. The summed E-state index contributed by atoms with van der Waals surface area (Å²) in [5.74, 6) is -0.511. The van der Waals surface area contributed by atoms with Crippen LogP contribution in [0.25, 0.3) is 0 Å². The number of nitrogens with two attached hydrogens (primary N) is 1. The molecular formula is C12H11ClN4O3S. The van der Waals surface area contributed by atoms with Gasteiger partial charge in [-0.1, -0.05) is 11.6 Å². The number of rotatable bonds is 3. The summed E-state index contributed by atoms with van der Waals surface area (Å²) < 4.78 is 22.4. The Bertz CT molecular complexity index is 808. The fourth-order valence-electron chi connectivity index (χ4n) is 1.55. The molecule has 7 nitrogen and oxygen atoms in total. The second-order valence-corrected chi connectivity index (χ2v) is 6.10. The second-order valence-electron chi connectivity index (χ2n) is 4.23. The van der Waals surface area contributed by atoms with Crippen LogP contribution in [0, 0.1) is 6.92 Å². The van der Waals surface area contributed by atoms with Crippen molar-refractivity contribution in [2.24, 2.45) is 5.14 Å². The Morgan fingerprint density at radius 2 is 2.05 bits per heavy atom. The molecule has 2 rings (SSSR count). The van der Waals surface area contributed by atoms with Gasteiger partial charge in [-0.25, -0.2) is 23.5 Å². The van der Waals surface area contributed by atoms with Gasteiger partial charge in [0.1, 0.15) is 5.15 Å². The Morgan fingerprint density at radius 1 is 1.33 bits per heavy atom. The van der Waals surface area contributed by atoms with E-state index >= 15 is 0 Å². The number of anilines is 1. The van der Waals surface area contributed by atoms with Crippen molar-refractivity contribution in [3.8, 4) is 0 Å². The molecule has 0 atom stereocenters. The number of nitrogens with one attached hydrogen (secondary N) is 1. The van der Waals surface area contributed by atoms with Crippen LogP contribution in [-0.2, 0) is 10.0 Å². The van der Waals surface area contributed by atoms with Gasteiger partial charge in [-0.15, -0.1) is 0 Å². The van der Waals surface area contributed by atoms with Gasteiger partial charge in [-0.05, 0) is 24.6 Å². The summed E-state index contributed by atoms with van der Waals surface area (Å²) in [7, 11) is -3.94. The monoisotopic (exact) mass is 326 g/mol. The SMILES string of the molecule is Cc1cnc(Cl)c(C(=O)Nc2ccnc(S(N)(=O)=O)c2)c1. The van der Waals surface area contributed by atoms with Crippen LogP contribution in [0.4, 0.5) is 5.69 Å². The van der Waals surface area contributed by atoms with Crippen molar-refractivity contribution in [3.63, 3.8) is 0 Å². The van der Waals surface area contributed by atoms with Gasteiger partial charge in [0.25, 0.3) is 15.9 Å². The number of carbonyl (C=O) groups is 1. The maximum absolute atomic E-state index is 12.1. The van der Waals surface area contributed by atoms with E-state index in [1.54, 1.807) is 13.0 Å². The Balaban J connectivity index is 2.30. The zero-order valence-electron chi connectivity index (χ0n) is 10.9. The van der Waals surface area contributed by atoms with Gasteiger partial charge >= 0.3 is 0 Å². The molecular weight excluding hydrogens is 316 g/mol. The molecule has 1 amide bonds. The number of carbonyl (C=O) groups excluding carboxylic acids is 1. The summed E-state index contributed by atoms with van der Waals surface area (Å²) in [6, 6.07) is 4.17. The van der Waals surface area contributed by atoms with Crippen molar-refractivity contribution in [1.82, 2.24) is 9.97 Å². The number of halogens is 1. The Kier molecular flexibility index (Phi) is 4.21. The number of amides is 1. The number of hydrogen-bond donors (Lipinski definition) is 2. The van der Waals surface area contributed by atoms with Crippen molar-refractivity contribution in [1.29, 1.82) is 0 Å². The molecule has 0 unspecified atom stereocenters. The van der Waals surface area contributed by atoms with Crippen LogP contribution in [0.2, 0.25) is 5.15 Å². The smallest absolute Gasteiger partial charge is 0.258 e. The quantitative estimate of drug-likeness (QED) is 0.826. The van der Waals surface area contributed by atoms with Crippen molar-refractivity contribution < 1.29 is 13.2 Å². The Labute approximate surface area is 126 Å². The van der Waals surface area contributed by atoms with Gasteiger partial charge in [0.2, 0.25) is 0 Å². The maximum atomic E-state index is 12.1. The number of sulfonamides is 1. The summed E-state index contributed by atoms with van der Waals surface area (Å²) in [4.78, 5) is 19.6. The number of aromatic nitrogens is 2. The van der Waals surface area contributed by atoms with E-state index in [1.165, 1.54) is 18.5 Å². The average Bonchev–Trinajstić information content (AvgIpc) is 2.41. The van der Waals surface area contributed by atoms with Crippen LogP contribution < -0.4 is 10.5 Å². The lowest BCUT2D eigenvalue weighted by molar-refractivity contribution is 0.102. The van der Waals surface area contributed by atoms with Gasteiger partial charge in [-0.2, -0.15) is 0 Å². The molecule has 0 fully saturated rings. The third-order valence-corrected chi connectivity index (χ3v) is 3.61. The van der Waals surface area contributed by atoms with Gasteiger partial charge < -0.3 is 5.32 Å². The van der Waals surface area contributed by atoms with Crippen LogP contribution in [0.15, 0.2) is 35.6 Å². The first-order valence-corrected chi connectivity index (χ1v) is 7.62.